The van der Waals surface area contributed by atoms with E-state index in [1.54, 1.807) is 0 Å². The third-order valence-electron chi connectivity index (χ3n) is 4.73. The fourth-order valence-electron chi connectivity index (χ4n) is 2.40. The van der Waals surface area contributed by atoms with E-state index in [2.05, 4.69) is 51.4 Å². The zero-order chi connectivity index (χ0) is 18.1. The van der Waals surface area contributed by atoms with Gasteiger partial charge in [-0.2, -0.15) is 0 Å². The molecule has 0 saturated carbocycles. The zero-order valence-electron chi connectivity index (χ0n) is 16.4. The Hall–Kier alpha value is -0.593. The molecule has 0 aliphatic carbocycles. The normalized spacial score (nSPS) is 26.7. The lowest BCUT2D eigenvalue weighted by Crippen LogP contribution is -2.61. The molecule has 0 aromatic heterocycles. The minimum atomic E-state index is -1.89. The van der Waals surface area contributed by atoms with Gasteiger partial charge in [0.25, 0.3) is 0 Å². The highest BCUT2D eigenvalue weighted by molar-refractivity contribution is 6.74. The van der Waals surface area contributed by atoms with Gasteiger partial charge in [-0.15, -0.1) is 0 Å². The van der Waals surface area contributed by atoms with Gasteiger partial charge in [-0.25, -0.2) is 4.79 Å². The summed E-state index contributed by atoms with van der Waals surface area (Å²) in [5.74, 6) is 0.345. The molecule has 0 spiro atoms. The number of ether oxygens (including phenoxy) is 1. The molecule has 1 heterocycles. The summed E-state index contributed by atoms with van der Waals surface area (Å²) >= 11 is 0. The first-order valence-electron chi connectivity index (χ1n) is 8.61. The predicted molar refractivity (Wildman–Crippen MR) is 97.3 cm³/mol. The van der Waals surface area contributed by atoms with Gasteiger partial charge in [0.1, 0.15) is 5.60 Å². The van der Waals surface area contributed by atoms with Crippen molar-refractivity contribution in [2.75, 3.05) is 13.1 Å². The molecule has 1 amide bonds. The van der Waals surface area contributed by atoms with Gasteiger partial charge in [0.2, 0.25) is 0 Å². The molecule has 1 saturated heterocycles. The SMILES string of the molecule is C[C@@H]1CNC[C@@H](NC(=O)OC(C)(C)C)[C@H]1O[Si](C)(C)C(C)(C)C. The van der Waals surface area contributed by atoms with Gasteiger partial charge in [0.05, 0.1) is 12.1 Å². The Morgan fingerprint density at radius 3 is 2.17 bits per heavy atom. The summed E-state index contributed by atoms with van der Waals surface area (Å²) in [5.41, 5.74) is -0.492. The molecule has 5 nitrogen and oxygen atoms in total. The number of carbonyl (C=O) groups is 1. The van der Waals surface area contributed by atoms with E-state index in [4.69, 9.17) is 9.16 Å². The Labute approximate surface area is 143 Å². The molecule has 0 radical (unpaired) electrons. The van der Waals surface area contributed by atoms with Crippen LogP contribution in [0.3, 0.4) is 0 Å². The van der Waals surface area contributed by atoms with Crippen LogP contribution in [-0.2, 0) is 9.16 Å². The average Bonchev–Trinajstić information content (AvgIpc) is 2.29. The average molecular weight is 345 g/mol. The van der Waals surface area contributed by atoms with Gasteiger partial charge in [0, 0.05) is 13.1 Å². The van der Waals surface area contributed by atoms with E-state index < -0.39 is 13.9 Å². The number of carbonyl (C=O) groups excluding carboxylic acids is 1. The molecule has 1 rings (SSSR count). The van der Waals surface area contributed by atoms with Crippen LogP contribution in [0.2, 0.25) is 18.1 Å². The van der Waals surface area contributed by atoms with Crippen molar-refractivity contribution in [1.29, 1.82) is 0 Å². The first kappa shape index (κ1) is 20.5. The lowest BCUT2D eigenvalue weighted by atomic mass is 9.94. The number of hydrogen-bond acceptors (Lipinski definition) is 4. The highest BCUT2D eigenvalue weighted by Gasteiger charge is 2.43. The molecule has 0 unspecified atom stereocenters. The van der Waals surface area contributed by atoms with Crippen LogP contribution in [0.4, 0.5) is 4.79 Å². The molecule has 1 fully saturated rings. The maximum Gasteiger partial charge on any atom is 0.408 e. The van der Waals surface area contributed by atoms with E-state index in [0.717, 1.165) is 6.54 Å². The van der Waals surface area contributed by atoms with Crippen LogP contribution in [-0.4, -0.2) is 45.2 Å². The Morgan fingerprint density at radius 2 is 1.70 bits per heavy atom. The summed E-state index contributed by atoms with van der Waals surface area (Å²) < 4.78 is 12.0. The van der Waals surface area contributed by atoms with Crippen molar-refractivity contribution in [3.8, 4) is 0 Å². The first-order valence-corrected chi connectivity index (χ1v) is 11.5. The Bertz CT molecular complexity index is 413. The minimum absolute atomic E-state index is 0.0182. The minimum Gasteiger partial charge on any atom is -0.444 e. The van der Waals surface area contributed by atoms with E-state index in [9.17, 15) is 4.79 Å². The maximum absolute atomic E-state index is 12.1. The van der Waals surface area contributed by atoms with Crippen LogP contribution in [0.15, 0.2) is 0 Å². The van der Waals surface area contributed by atoms with Crippen LogP contribution in [0.25, 0.3) is 0 Å². The Morgan fingerprint density at radius 1 is 1.13 bits per heavy atom. The van der Waals surface area contributed by atoms with Crippen LogP contribution < -0.4 is 10.6 Å². The molecule has 0 bridgehead atoms. The Kier molecular flexibility index (Phi) is 6.32. The van der Waals surface area contributed by atoms with Crippen molar-refractivity contribution in [3.63, 3.8) is 0 Å². The molecule has 6 heteroatoms. The maximum atomic E-state index is 12.1. The van der Waals surface area contributed by atoms with Crippen molar-refractivity contribution in [2.45, 2.75) is 84.3 Å². The molecular weight excluding hydrogens is 308 g/mol. The second-order valence-electron chi connectivity index (χ2n) is 9.23. The van der Waals surface area contributed by atoms with Crippen molar-refractivity contribution in [1.82, 2.24) is 10.6 Å². The van der Waals surface area contributed by atoms with Gasteiger partial charge < -0.3 is 19.8 Å². The summed E-state index contributed by atoms with van der Waals surface area (Å²) in [5, 5.41) is 6.52. The molecule has 0 aromatic carbocycles. The van der Waals surface area contributed by atoms with Crippen LogP contribution >= 0.6 is 0 Å². The number of amides is 1. The molecule has 1 aliphatic heterocycles. The van der Waals surface area contributed by atoms with E-state index in [-0.39, 0.29) is 23.3 Å². The third-order valence-corrected chi connectivity index (χ3v) is 9.20. The van der Waals surface area contributed by atoms with E-state index in [0.29, 0.717) is 12.5 Å². The second kappa shape index (κ2) is 7.11. The van der Waals surface area contributed by atoms with E-state index in [1.165, 1.54) is 0 Å². The van der Waals surface area contributed by atoms with Crippen LogP contribution in [0.1, 0.15) is 48.5 Å². The first-order chi connectivity index (χ1) is 10.2. The smallest absolute Gasteiger partial charge is 0.408 e. The quantitative estimate of drug-likeness (QED) is 0.769. The van der Waals surface area contributed by atoms with Crippen molar-refractivity contribution in [3.05, 3.63) is 0 Å². The van der Waals surface area contributed by atoms with Gasteiger partial charge >= 0.3 is 6.09 Å². The molecule has 23 heavy (non-hydrogen) atoms. The van der Waals surface area contributed by atoms with E-state index >= 15 is 0 Å². The fraction of sp³-hybridized carbons (Fsp3) is 0.941. The predicted octanol–water partition coefficient (Wildman–Crippen LogP) is 3.51. The molecular formula is C17H36N2O3Si. The molecule has 136 valence electrons. The highest BCUT2D eigenvalue weighted by atomic mass is 28.4. The summed E-state index contributed by atoms with van der Waals surface area (Å²) in [6.45, 7) is 20.6. The molecule has 0 aromatic rings. The summed E-state index contributed by atoms with van der Waals surface area (Å²) in [7, 11) is -1.89. The van der Waals surface area contributed by atoms with Crippen molar-refractivity contribution < 1.29 is 14.0 Å². The Balaban J connectivity index is 2.82. The van der Waals surface area contributed by atoms with Crippen LogP contribution in [0, 0.1) is 5.92 Å². The van der Waals surface area contributed by atoms with E-state index in [1.807, 2.05) is 20.8 Å². The molecule has 3 atom stereocenters. The number of rotatable bonds is 3. The van der Waals surface area contributed by atoms with Gasteiger partial charge in [-0.3, -0.25) is 0 Å². The lowest BCUT2D eigenvalue weighted by molar-refractivity contribution is 0.0304. The number of piperidine rings is 1. The monoisotopic (exact) mass is 344 g/mol. The summed E-state index contributed by atoms with van der Waals surface area (Å²) in [6.07, 6.45) is -0.355. The topological polar surface area (TPSA) is 59.6 Å². The lowest BCUT2D eigenvalue weighted by Gasteiger charge is -2.45. The summed E-state index contributed by atoms with van der Waals surface area (Å²) in [4.78, 5) is 12.1. The van der Waals surface area contributed by atoms with Gasteiger partial charge in [-0.1, -0.05) is 27.7 Å². The zero-order valence-corrected chi connectivity index (χ0v) is 17.4. The largest absolute Gasteiger partial charge is 0.444 e. The molecule has 1 aliphatic rings. The second-order valence-corrected chi connectivity index (χ2v) is 14.0. The molecule has 2 N–H and O–H groups in total. The summed E-state index contributed by atoms with van der Waals surface area (Å²) in [6, 6.07) is -0.0669. The van der Waals surface area contributed by atoms with Crippen LogP contribution in [0.5, 0.6) is 0 Å². The number of hydrogen-bond donors (Lipinski definition) is 2. The van der Waals surface area contributed by atoms with Crippen molar-refractivity contribution >= 4 is 14.4 Å². The number of nitrogens with one attached hydrogen (secondary N) is 2. The standard InChI is InChI=1S/C17H36N2O3Si/c1-12-10-18-11-13(19-15(20)21-16(2,3)4)14(12)22-23(8,9)17(5,6)7/h12-14,18H,10-11H2,1-9H3,(H,19,20)/t12-,13-,14+/m1/s1. The van der Waals surface area contributed by atoms with Gasteiger partial charge in [-0.05, 0) is 44.8 Å². The third kappa shape index (κ3) is 6.08. The van der Waals surface area contributed by atoms with Crippen molar-refractivity contribution in [2.24, 2.45) is 5.92 Å². The number of alkyl carbamates (subject to hydrolysis) is 1. The fourth-order valence-corrected chi connectivity index (χ4v) is 3.83. The highest BCUT2D eigenvalue weighted by Crippen LogP contribution is 2.38. The van der Waals surface area contributed by atoms with Gasteiger partial charge in [0.15, 0.2) is 8.32 Å².